The Balaban J connectivity index is 1.84. The second-order valence-corrected chi connectivity index (χ2v) is 4.76. The molecule has 2 rings (SSSR count). The Kier molecular flexibility index (Phi) is 4.71. The van der Waals surface area contributed by atoms with Crippen molar-refractivity contribution in [3.05, 3.63) is 70.1 Å². The third-order valence-electron chi connectivity index (χ3n) is 3.02. The van der Waals surface area contributed by atoms with Gasteiger partial charge in [0.1, 0.15) is 6.54 Å². The summed E-state index contributed by atoms with van der Waals surface area (Å²) >= 11 is 0. The molecule has 20 heavy (non-hydrogen) atoms. The Morgan fingerprint density at radius 3 is 2.65 bits per heavy atom. The summed E-state index contributed by atoms with van der Waals surface area (Å²) in [5, 5.41) is 2.83. The van der Waals surface area contributed by atoms with Gasteiger partial charge >= 0.3 is 0 Å². The predicted octanol–water partition coefficient (Wildman–Crippen LogP) is 1.52. The molecule has 0 spiro atoms. The highest BCUT2D eigenvalue weighted by Gasteiger charge is 2.04. The Bertz CT molecular complexity index is 632. The number of pyridine rings is 1. The quantitative estimate of drug-likeness (QED) is 0.895. The number of rotatable bonds is 5. The van der Waals surface area contributed by atoms with Gasteiger partial charge in [-0.05, 0) is 24.5 Å². The van der Waals surface area contributed by atoms with Crippen LogP contribution in [0.15, 0.2) is 53.5 Å². The number of benzene rings is 1. The number of hydrogen-bond donors (Lipinski definition) is 1. The minimum Gasteiger partial charge on any atom is -0.354 e. The molecule has 0 aliphatic carbocycles. The molecule has 0 aliphatic heterocycles. The van der Waals surface area contributed by atoms with E-state index in [2.05, 4.69) is 5.32 Å². The van der Waals surface area contributed by atoms with Crippen molar-refractivity contribution in [2.45, 2.75) is 19.9 Å². The maximum absolute atomic E-state index is 11.8. The van der Waals surface area contributed by atoms with E-state index in [1.807, 2.05) is 37.3 Å². The molecule has 1 heterocycles. The lowest BCUT2D eigenvalue weighted by atomic mass is 10.1. The third-order valence-corrected chi connectivity index (χ3v) is 3.02. The number of amides is 1. The van der Waals surface area contributed by atoms with Gasteiger partial charge in [0.05, 0.1) is 0 Å². The lowest BCUT2D eigenvalue weighted by Gasteiger charge is -2.08. The number of nitrogens with one attached hydrogen (secondary N) is 1. The normalized spacial score (nSPS) is 10.2. The van der Waals surface area contributed by atoms with Crippen molar-refractivity contribution in [2.75, 3.05) is 6.54 Å². The largest absolute Gasteiger partial charge is 0.354 e. The second-order valence-electron chi connectivity index (χ2n) is 4.76. The van der Waals surface area contributed by atoms with Crippen LogP contribution in [0.3, 0.4) is 0 Å². The molecule has 0 aliphatic rings. The molecule has 0 atom stereocenters. The predicted molar refractivity (Wildman–Crippen MR) is 78.6 cm³/mol. The molecule has 0 radical (unpaired) electrons. The van der Waals surface area contributed by atoms with Crippen molar-refractivity contribution in [2.24, 2.45) is 0 Å². The topological polar surface area (TPSA) is 51.1 Å². The summed E-state index contributed by atoms with van der Waals surface area (Å²) < 4.78 is 1.42. The lowest BCUT2D eigenvalue weighted by Crippen LogP contribution is -2.33. The fourth-order valence-corrected chi connectivity index (χ4v) is 1.98. The van der Waals surface area contributed by atoms with E-state index < -0.39 is 0 Å². The molecule has 2 aromatic rings. The van der Waals surface area contributed by atoms with Crippen LogP contribution in [0.4, 0.5) is 0 Å². The van der Waals surface area contributed by atoms with E-state index in [4.69, 9.17) is 0 Å². The van der Waals surface area contributed by atoms with Gasteiger partial charge in [-0.15, -0.1) is 0 Å². The number of aryl methyl sites for hydroxylation is 1. The van der Waals surface area contributed by atoms with Crippen LogP contribution in [0, 0.1) is 6.92 Å². The number of carbonyl (C=O) groups excluding carboxylic acids is 1. The first-order valence-corrected chi connectivity index (χ1v) is 6.63. The average molecular weight is 270 g/mol. The lowest BCUT2D eigenvalue weighted by molar-refractivity contribution is -0.121. The number of hydrogen-bond acceptors (Lipinski definition) is 2. The minimum atomic E-state index is -0.159. The number of carbonyl (C=O) groups is 1. The van der Waals surface area contributed by atoms with Gasteiger partial charge in [-0.25, -0.2) is 0 Å². The van der Waals surface area contributed by atoms with Crippen molar-refractivity contribution in [1.29, 1.82) is 0 Å². The van der Waals surface area contributed by atoms with Crippen LogP contribution in [0.25, 0.3) is 0 Å². The van der Waals surface area contributed by atoms with Gasteiger partial charge in [-0.1, -0.05) is 36.4 Å². The average Bonchev–Trinajstić information content (AvgIpc) is 2.44. The van der Waals surface area contributed by atoms with Gasteiger partial charge in [0.25, 0.3) is 5.56 Å². The molecule has 1 aromatic heterocycles. The summed E-state index contributed by atoms with van der Waals surface area (Å²) in [7, 11) is 0. The molecule has 104 valence electrons. The van der Waals surface area contributed by atoms with Gasteiger partial charge in [-0.2, -0.15) is 0 Å². The molecule has 0 saturated heterocycles. The third kappa shape index (κ3) is 4.09. The molecular weight excluding hydrogens is 252 g/mol. The van der Waals surface area contributed by atoms with Crippen LogP contribution in [-0.4, -0.2) is 17.0 Å². The zero-order valence-corrected chi connectivity index (χ0v) is 11.5. The van der Waals surface area contributed by atoms with E-state index in [0.29, 0.717) is 6.54 Å². The first kappa shape index (κ1) is 14.1. The van der Waals surface area contributed by atoms with Crippen molar-refractivity contribution in [3.63, 3.8) is 0 Å². The monoisotopic (exact) mass is 270 g/mol. The zero-order valence-electron chi connectivity index (χ0n) is 11.5. The van der Waals surface area contributed by atoms with E-state index in [-0.39, 0.29) is 18.0 Å². The van der Waals surface area contributed by atoms with Crippen LogP contribution >= 0.6 is 0 Å². The van der Waals surface area contributed by atoms with Crippen molar-refractivity contribution in [1.82, 2.24) is 9.88 Å². The molecule has 4 nitrogen and oxygen atoms in total. The zero-order chi connectivity index (χ0) is 14.4. The van der Waals surface area contributed by atoms with Crippen LogP contribution in [-0.2, 0) is 17.8 Å². The summed E-state index contributed by atoms with van der Waals surface area (Å²) in [4.78, 5) is 23.4. The van der Waals surface area contributed by atoms with E-state index in [0.717, 1.165) is 12.0 Å². The Morgan fingerprint density at radius 1 is 1.15 bits per heavy atom. The van der Waals surface area contributed by atoms with E-state index in [1.165, 1.54) is 16.2 Å². The van der Waals surface area contributed by atoms with Crippen LogP contribution in [0.2, 0.25) is 0 Å². The standard InChI is InChI=1S/C16H18N2O2/c1-13-7-8-16(20)18(11-13)12-15(19)17-10-9-14-5-3-2-4-6-14/h2-8,11H,9-10,12H2,1H3,(H,17,19). The summed E-state index contributed by atoms with van der Waals surface area (Å²) in [6.45, 7) is 2.53. The molecule has 1 aromatic carbocycles. The van der Waals surface area contributed by atoms with Crippen LogP contribution in [0.5, 0.6) is 0 Å². The number of aromatic nitrogens is 1. The molecule has 1 amide bonds. The van der Waals surface area contributed by atoms with Gasteiger partial charge < -0.3 is 9.88 Å². The molecule has 0 fully saturated rings. The Labute approximate surface area is 118 Å². The highest BCUT2D eigenvalue weighted by molar-refractivity contribution is 5.75. The maximum atomic E-state index is 11.8. The number of nitrogens with zero attached hydrogens (tertiary/aromatic N) is 1. The van der Waals surface area contributed by atoms with Gasteiger partial charge in [-0.3, -0.25) is 9.59 Å². The minimum absolute atomic E-state index is 0.0648. The molecule has 4 heteroatoms. The van der Waals surface area contributed by atoms with Crippen LogP contribution < -0.4 is 10.9 Å². The highest BCUT2D eigenvalue weighted by atomic mass is 16.2. The summed E-state index contributed by atoms with van der Waals surface area (Å²) in [6.07, 6.45) is 2.48. The Hall–Kier alpha value is -2.36. The molecular formula is C16H18N2O2. The van der Waals surface area contributed by atoms with Gasteiger partial charge in [0.15, 0.2) is 0 Å². The summed E-state index contributed by atoms with van der Waals surface area (Å²) in [6, 6.07) is 13.2. The van der Waals surface area contributed by atoms with E-state index in [1.54, 1.807) is 12.3 Å². The SMILES string of the molecule is Cc1ccc(=O)n(CC(=O)NCCc2ccccc2)c1. The van der Waals surface area contributed by atoms with Crippen molar-refractivity contribution >= 4 is 5.91 Å². The summed E-state index contributed by atoms with van der Waals surface area (Å²) in [5.74, 6) is -0.145. The fraction of sp³-hybridized carbons (Fsp3) is 0.250. The second kappa shape index (κ2) is 6.70. The van der Waals surface area contributed by atoms with Gasteiger partial charge in [0.2, 0.25) is 5.91 Å². The summed E-state index contributed by atoms with van der Waals surface area (Å²) in [5.41, 5.74) is 1.98. The smallest absolute Gasteiger partial charge is 0.251 e. The molecule has 1 N–H and O–H groups in total. The van der Waals surface area contributed by atoms with E-state index >= 15 is 0 Å². The highest BCUT2D eigenvalue weighted by Crippen LogP contribution is 1.98. The first-order chi connectivity index (χ1) is 9.65. The molecule has 0 unspecified atom stereocenters. The van der Waals surface area contributed by atoms with E-state index in [9.17, 15) is 9.59 Å². The molecule has 0 bridgehead atoms. The van der Waals surface area contributed by atoms with Gasteiger partial charge in [0, 0.05) is 18.8 Å². The Morgan fingerprint density at radius 2 is 1.90 bits per heavy atom. The maximum Gasteiger partial charge on any atom is 0.251 e. The van der Waals surface area contributed by atoms with Crippen molar-refractivity contribution in [3.8, 4) is 0 Å². The van der Waals surface area contributed by atoms with Crippen LogP contribution in [0.1, 0.15) is 11.1 Å². The fourth-order valence-electron chi connectivity index (χ4n) is 1.98. The first-order valence-electron chi connectivity index (χ1n) is 6.63. The molecule has 0 saturated carbocycles. The van der Waals surface area contributed by atoms with Crippen molar-refractivity contribution < 1.29 is 4.79 Å².